The van der Waals surface area contributed by atoms with Crippen LogP contribution in [-0.2, 0) is 0 Å². The zero-order chi connectivity index (χ0) is 22.7. The standard InChI is InChI=1S/C23H26N4O5/c1-25(29)23(28)27-14-12-26(13-15-27)22-24-20(16-4-8-18(30-2)9-5-16)21(32-22)17-6-10-19(31-3)11-7-17/h4-11,29H,12-15H2,1-3H3. The molecule has 2 amide bonds. The Labute approximate surface area is 186 Å². The summed E-state index contributed by atoms with van der Waals surface area (Å²) >= 11 is 0. The molecule has 1 aromatic heterocycles. The Morgan fingerprint density at radius 3 is 1.97 bits per heavy atom. The van der Waals surface area contributed by atoms with Crippen molar-refractivity contribution in [2.45, 2.75) is 0 Å². The zero-order valence-electron chi connectivity index (χ0n) is 18.3. The van der Waals surface area contributed by atoms with Gasteiger partial charge in [0.2, 0.25) is 0 Å². The van der Waals surface area contributed by atoms with Crippen molar-refractivity contribution in [3.05, 3.63) is 48.5 Å². The molecule has 0 unspecified atom stereocenters. The van der Waals surface area contributed by atoms with Crippen molar-refractivity contribution in [3.63, 3.8) is 0 Å². The van der Waals surface area contributed by atoms with Crippen LogP contribution in [0.3, 0.4) is 0 Å². The third kappa shape index (κ3) is 4.33. The van der Waals surface area contributed by atoms with Crippen LogP contribution < -0.4 is 14.4 Å². The molecule has 0 atom stereocenters. The van der Waals surface area contributed by atoms with Gasteiger partial charge in [0, 0.05) is 44.4 Å². The molecule has 9 heteroatoms. The molecular weight excluding hydrogens is 412 g/mol. The normalized spacial score (nSPS) is 13.8. The fourth-order valence-corrected chi connectivity index (χ4v) is 3.62. The predicted octanol–water partition coefficient (Wildman–Crippen LogP) is 3.59. The molecule has 2 heterocycles. The van der Waals surface area contributed by atoms with Crippen molar-refractivity contribution in [2.24, 2.45) is 0 Å². The molecule has 0 saturated carbocycles. The summed E-state index contributed by atoms with van der Waals surface area (Å²) in [5.74, 6) is 2.17. The third-order valence-corrected chi connectivity index (χ3v) is 5.43. The van der Waals surface area contributed by atoms with Crippen LogP contribution in [0.4, 0.5) is 10.8 Å². The smallest absolute Gasteiger partial charge is 0.343 e. The van der Waals surface area contributed by atoms with Crippen LogP contribution in [0, 0.1) is 0 Å². The SMILES string of the molecule is COc1ccc(-c2nc(N3CCN(C(=O)N(C)O)CC3)oc2-c2ccc(OC)cc2)cc1. The maximum absolute atomic E-state index is 12.0. The number of carbonyl (C=O) groups is 1. The Morgan fingerprint density at radius 2 is 1.47 bits per heavy atom. The quantitative estimate of drug-likeness (QED) is 0.481. The number of nitrogens with zero attached hydrogens (tertiary/aromatic N) is 4. The molecule has 1 N–H and O–H groups in total. The number of ether oxygens (including phenoxy) is 2. The van der Waals surface area contributed by atoms with E-state index in [-0.39, 0.29) is 0 Å². The van der Waals surface area contributed by atoms with Gasteiger partial charge in [-0.25, -0.2) is 9.86 Å². The first-order chi connectivity index (χ1) is 15.5. The molecule has 0 spiro atoms. The number of urea groups is 1. The average Bonchev–Trinajstić information content (AvgIpc) is 3.29. The summed E-state index contributed by atoms with van der Waals surface area (Å²) < 4.78 is 16.8. The molecule has 32 heavy (non-hydrogen) atoms. The van der Waals surface area contributed by atoms with Crippen molar-refractivity contribution in [1.29, 1.82) is 0 Å². The minimum Gasteiger partial charge on any atom is -0.497 e. The molecule has 0 bridgehead atoms. The Morgan fingerprint density at radius 1 is 0.938 bits per heavy atom. The summed E-state index contributed by atoms with van der Waals surface area (Å²) in [6, 6.07) is 15.4. The van der Waals surface area contributed by atoms with Crippen LogP contribution in [0.2, 0.25) is 0 Å². The molecule has 4 rings (SSSR count). The Bertz CT molecular complexity index is 990. The number of hydroxylamine groups is 2. The van der Waals surface area contributed by atoms with E-state index in [1.165, 1.54) is 7.05 Å². The number of hydrogen-bond donors (Lipinski definition) is 1. The highest BCUT2D eigenvalue weighted by Gasteiger charge is 2.27. The molecule has 168 valence electrons. The van der Waals surface area contributed by atoms with Gasteiger partial charge in [0.1, 0.15) is 17.2 Å². The third-order valence-electron chi connectivity index (χ3n) is 5.43. The van der Waals surface area contributed by atoms with Crippen molar-refractivity contribution in [3.8, 4) is 34.1 Å². The van der Waals surface area contributed by atoms with Gasteiger partial charge in [-0.3, -0.25) is 5.21 Å². The average molecular weight is 438 g/mol. The highest BCUT2D eigenvalue weighted by Crippen LogP contribution is 2.37. The van der Waals surface area contributed by atoms with Crippen LogP contribution in [0.1, 0.15) is 0 Å². The molecular formula is C23H26N4O5. The van der Waals surface area contributed by atoms with E-state index in [9.17, 15) is 10.0 Å². The predicted molar refractivity (Wildman–Crippen MR) is 119 cm³/mol. The molecule has 1 saturated heterocycles. The second-order valence-electron chi connectivity index (χ2n) is 7.41. The van der Waals surface area contributed by atoms with E-state index in [0.29, 0.717) is 43.0 Å². The minimum atomic E-state index is -0.421. The van der Waals surface area contributed by atoms with Gasteiger partial charge < -0.3 is 23.7 Å². The van der Waals surface area contributed by atoms with E-state index in [0.717, 1.165) is 28.3 Å². The number of anilines is 1. The van der Waals surface area contributed by atoms with Crippen LogP contribution in [-0.4, -0.2) is 73.6 Å². The number of oxazole rings is 1. The molecule has 3 aromatic rings. The Kier molecular flexibility index (Phi) is 6.18. The van der Waals surface area contributed by atoms with Gasteiger partial charge in [-0.2, -0.15) is 4.98 Å². The maximum Gasteiger partial charge on any atom is 0.343 e. The number of piperazine rings is 1. The molecule has 2 aromatic carbocycles. The number of rotatable bonds is 5. The van der Waals surface area contributed by atoms with Crippen LogP contribution >= 0.6 is 0 Å². The maximum atomic E-state index is 12.0. The number of hydrogen-bond acceptors (Lipinski definition) is 7. The van der Waals surface area contributed by atoms with Crippen LogP contribution in [0.15, 0.2) is 52.9 Å². The first-order valence-corrected chi connectivity index (χ1v) is 10.3. The Hall–Kier alpha value is -3.72. The molecule has 1 fully saturated rings. The topological polar surface area (TPSA) is 91.5 Å². The summed E-state index contributed by atoms with van der Waals surface area (Å²) in [6.07, 6.45) is 0. The largest absolute Gasteiger partial charge is 0.497 e. The molecule has 0 radical (unpaired) electrons. The number of carbonyl (C=O) groups excluding carboxylic acids is 1. The van der Waals surface area contributed by atoms with Crippen molar-refractivity contribution >= 4 is 12.0 Å². The minimum absolute atomic E-state index is 0.421. The van der Waals surface area contributed by atoms with Gasteiger partial charge >= 0.3 is 6.03 Å². The van der Waals surface area contributed by atoms with Crippen molar-refractivity contribution in [1.82, 2.24) is 14.9 Å². The number of aromatic nitrogens is 1. The summed E-state index contributed by atoms with van der Waals surface area (Å²) in [5, 5.41) is 10.0. The Balaban J connectivity index is 1.65. The van der Waals surface area contributed by atoms with E-state index < -0.39 is 6.03 Å². The number of amides is 2. The molecule has 1 aliphatic heterocycles. The molecule has 9 nitrogen and oxygen atoms in total. The van der Waals surface area contributed by atoms with Gasteiger partial charge in [-0.15, -0.1) is 0 Å². The highest BCUT2D eigenvalue weighted by molar-refractivity contribution is 5.78. The van der Waals surface area contributed by atoms with E-state index in [1.807, 2.05) is 53.4 Å². The first-order valence-electron chi connectivity index (χ1n) is 10.3. The lowest BCUT2D eigenvalue weighted by Crippen LogP contribution is -2.51. The molecule has 1 aliphatic rings. The summed E-state index contributed by atoms with van der Waals surface area (Å²) in [7, 11) is 4.58. The highest BCUT2D eigenvalue weighted by atomic mass is 16.5. The van der Waals surface area contributed by atoms with E-state index >= 15 is 0 Å². The summed E-state index contributed by atoms with van der Waals surface area (Å²) in [5.41, 5.74) is 2.51. The summed E-state index contributed by atoms with van der Waals surface area (Å²) in [6.45, 7) is 2.01. The summed E-state index contributed by atoms with van der Waals surface area (Å²) in [4.78, 5) is 20.4. The zero-order valence-corrected chi connectivity index (χ0v) is 18.3. The second-order valence-corrected chi connectivity index (χ2v) is 7.41. The van der Waals surface area contributed by atoms with Gasteiger partial charge in [0.05, 0.1) is 14.2 Å². The van der Waals surface area contributed by atoms with Gasteiger partial charge in [0.15, 0.2) is 5.76 Å². The van der Waals surface area contributed by atoms with Gasteiger partial charge in [0.25, 0.3) is 6.01 Å². The molecule has 0 aliphatic carbocycles. The number of benzene rings is 2. The fraction of sp³-hybridized carbons (Fsp3) is 0.304. The lowest BCUT2D eigenvalue weighted by Gasteiger charge is -2.34. The fourth-order valence-electron chi connectivity index (χ4n) is 3.62. The van der Waals surface area contributed by atoms with Crippen LogP contribution in [0.5, 0.6) is 11.5 Å². The van der Waals surface area contributed by atoms with Crippen molar-refractivity contribution in [2.75, 3.05) is 52.3 Å². The van der Waals surface area contributed by atoms with Gasteiger partial charge in [-0.05, 0) is 48.5 Å². The van der Waals surface area contributed by atoms with Crippen LogP contribution in [0.25, 0.3) is 22.6 Å². The van der Waals surface area contributed by atoms with Crippen molar-refractivity contribution < 1.29 is 23.9 Å². The first kappa shape index (κ1) is 21.5. The van der Waals surface area contributed by atoms with E-state index in [1.54, 1.807) is 19.1 Å². The van der Waals surface area contributed by atoms with E-state index in [2.05, 4.69) is 0 Å². The lowest BCUT2D eigenvalue weighted by molar-refractivity contribution is -0.0340. The lowest BCUT2D eigenvalue weighted by atomic mass is 10.1. The monoisotopic (exact) mass is 438 g/mol. The van der Waals surface area contributed by atoms with Gasteiger partial charge in [-0.1, -0.05) is 0 Å². The second kappa shape index (κ2) is 9.19. The number of methoxy groups -OCH3 is 2. The van der Waals surface area contributed by atoms with E-state index in [4.69, 9.17) is 18.9 Å².